The molecule has 0 fully saturated rings. The lowest BCUT2D eigenvalue weighted by molar-refractivity contribution is 0.661. The van der Waals surface area contributed by atoms with E-state index in [9.17, 15) is 0 Å². The maximum absolute atomic E-state index is 4.72. The first-order valence-electron chi connectivity index (χ1n) is 16.6. The van der Waals surface area contributed by atoms with Crippen molar-refractivity contribution >= 4 is 43.6 Å². The SMILES string of the molecule is CC1(C)c2ccccc2-c2cc3c4ccccc4n(-c4ccc(-c5ccc(-c6cccc7ncc8cccnc8c67)cc5)cc4)c3cc21. The van der Waals surface area contributed by atoms with Crippen LogP contribution in [0.25, 0.3) is 82.7 Å². The number of para-hydroxylation sites is 1. The summed E-state index contributed by atoms with van der Waals surface area (Å²) in [6.45, 7) is 4.71. The molecule has 0 aliphatic heterocycles. The fourth-order valence-electron chi connectivity index (χ4n) is 8.09. The number of pyridine rings is 2. The number of hydrogen-bond acceptors (Lipinski definition) is 2. The van der Waals surface area contributed by atoms with Crippen molar-refractivity contribution in [1.82, 2.24) is 14.5 Å². The van der Waals surface area contributed by atoms with Crippen LogP contribution in [-0.4, -0.2) is 14.5 Å². The van der Waals surface area contributed by atoms with Crippen molar-refractivity contribution in [3.63, 3.8) is 0 Å². The van der Waals surface area contributed by atoms with E-state index in [1.54, 1.807) is 0 Å². The summed E-state index contributed by atoms with van der Waals surface area (Å²) in [5, 5.41) is 4.72. The largest absolute Gasteiger partial charge is 0.309 e. The van der Waals surface area contributed by atoms with Gasteiger partial charge in [-0.15, -0.1) is 0 Å². The number of aromatic nitrogens is 3. The van der Waals surface area contributed by atoms with E-state index in [-0.39, 0.29) is 5.41 Å². The maximum Gasteiger partial charge on any atom is 0.0817 e. The maximum atomic E-state index is 4.72. The van der Waals surface area contributed by atoms with E-state index in [4.69, 9.17) is 9.97 Å². The smallest absolute Gasteiger partial charge is 0.0817 e. The molecule has 3 heteroatoms. The van der Waals surface area contributed by atoms with Crippen LogP contribution in [-0.2, 0) is 5.41 Å². The Kier molecular flexibility index (Phi) is 5.63. The summed E-state index contributed by atoms with van der Waals surface area (Å²) < 4.78 is 2.43. The van der Waals surface area contributed by atoms with E-state index in [1.807, 2.05) is 18.5 Å². The number of hydrogen-bond donors (Lipinski definition) is 0. The molecule has 9 aromatic rings. The molecule has 1 aliphatic rings. The molecule has 1 aliphatic carbocycles. The molecular weight excluding hydrogens is 583 g/mol. The number of nitrogens with zero attached hydrogens (tertiary/aromatic N) is 3. The van der Waals surface area contributed by atoms with Crippen LogP contribution in [0.3, 0.4) is 0 Å². The van der Waals surface area contributed by atoms with Crippen LogP contribution in [0.5, 0.6) is 0 Å². The molecule has 0 spiro atoms. The molecule has 0 bridgehead atoms. The van der Waals surface area contributed by atoms with E-state index in [2.05, 4.69) is 152 Å². The van der Waals surface area contributed by atoms with Gasteiger partial charge in [0.05, 0.1) is 22.1 Å². The molecule has 6 aromatic carbocycles. The Morgan fingerprint density at radius 1 is 0.521 bits per heavy atom. The summed E-state index contributed by atoms with van der Waals surface area (Å²) in [5.74, 6) is 0. The van der Waals surface area contributed by atoms with Crippen molar-refractivity contribution in [2.45, 2.75) is 19.3 Å². The van der Waals surface area contributed by atoms with Gasteiger partial charge in [-0.1, -0.05) is 105 Å². The summed E-state index contributed by atoms with van der Waals surface area (Å²) in [5.41, 5.74) is 15.7. The van der Waals surface area contributed by atoms with Crippen LogP contribution in [0.2, 0.25) is 0 Å². The fourth-order valence-corrected chi connectivity index (χ4v) is 8.09. The first-order chi connectivity index (χ1) is 23.6. The number of rotatable bonds is 3. The molecule has 0 atom stereocenters. The van der Waals surface area contributed by atoms with Crippen molar-refractivity contribution in [3.8, 4) is 39.1 Å². The first kappa shape index (κ1) is 27.1. The number of fused-ring (bicyclic) bond motifs is 9. The van der Waals surface area contributed by atoms with Gasteiger partial charge in [-0.05, 0) is 93.0 Å². The van der Waals surface area contributed by atoms with Crippen molar-refractivity contribution < 1.29 is 0 Å². The average molecular weight is 614 g/mol. The third-order valence-electron chi connectivity index (χ3n) is 10.5. The van der Waals surface area contributed by atoms with Gasteiger partial charge in [0.15, 0.2) is 0 Å². The van der Waals surface area contributed by atoms with Gasteiger partial charge in [-0.2, -0.15) is 0 Å². The Morgan fingerprint density at radius 2 is 1.25 bits per heavy atom. The van der Waals surface area contributed by atoms with E-state index < -0.39 is 0 Å². The zero-order valence-corrected chi connectivity index (χ0v) is 26.8. The van der Waals surface area contributed by atoms with Crippen LogP contribution in [0.1, 0.15) is 25.0 Å². The van der Waals surface area contributed by atoms with E-state index in [1.165, 1.54) is 55.2 Å². The van der Waals surface area contributed by atoms with Gasteiger partial charge in [0, 0.05) is 45.0 Å². The van der Waals surface area contributed by atoms with Crippen molar-refractivity contribution in [2.24, 2.45) is 0 Å². The summed E-state index contributed by atoms with van der Waals surface area (Å²) >= 11 is 0. The molecule has 10 rings (SSSR count). The fraction of sp³-hybridized carbons (Fsp3) is 0.0667. The van der Waals surface area contributed by atoms with Crippen LogP contribution in [0.4, 0.5) is 0 Å². The lowest BCUT2D eigenvalue weighted by Gasteiger charge is -2.21. The molecule has 0 radical (unpaired) electrons. The molecule has 226 valence electrons. The Morgan fingerprint density at radius 3 is 2.10 bits per heavy atom. The second-order valence-electron chi connectivity index (χ2n) is 13.5. The molecule has 3 aromatic heterocycles. The molecule has 0 saturated carbocycles. The van der Waals surface area contributed by atoms with Crippen molar-refractivity contribution in [3.05, 3.63) is 163 Å². The molecule has 0 saturated heterocycles. The van der Waals surface area contributed by atoms with Gasteiger partial charge in [0.25, 0.3) is 0 Å². The summed E-state index contributed by atoms with van der Waals surface area (Å²) in [4.78, 5) is 9.44. The molecule has 0 amide bonds. The van der Waals surface area contributed by atoms with Crippen LogP contribution in [0.15, 0.2) is 152 Å². The van der Waals surface area contributed by atoms with Gasteiger partial charge >= 0.3 is 0 Å². The zero-order chi connectivity index (χ0) is 32.0. The summed E-state index contributed by atoms with van der Waals surface area (Å²) in [7, 11) is 0. The third kappa shape index (κ3) is 3.82. The van der Waals surface area contributed by atoms with Gasteiger partial charge < -0.3 is 4.57 Å². The van der Waals surface area contributed by atoms with Crippen molar-refractivity contribution in [1.29, 1.82) is 0 Å². The summed E-state index contributed by atoms with van der Waals surface area (Å²) in [6.07, 6.45) is 3.77. The molecule has 3 nitrogen and oxygen atoms in total. The second kappa shape index (κ2) is 9.97. The minimum Gasteiger partial charge on any atom is -0.309 e. The van der Waals surface area contributed by atoms with E-state index in [0.717, 1.165) is 38.6 Å². The predicted octanol–water partition coefficient (Wildman–Crippen LogP) is 11.5. The van der Waals surface area contributed by atoms with Gasteiger partial charge in [0.2, 0.25) is 0 Å². The number of benzene rings is 6. The van der Waals surface area contributed by atoms with Gasteiger partial charge in [-0.25, -0.2) is 0 Å². The topological polar surface area (TPSA) is 30.7 Å². The highest BCUT2D eigenvalue weighted by Gasteiger charge is 2.36. The molecule has 0 unspecified atom stereocenters. The monoisotopic (exact) mass is 613 g/mol. The Balaban J connectivity index is 1.06. The molecule has 3 heterocycles. The Labute approximate surface area is 278 Å². The normalized spacial score (nSPS) is 13.4. The predicted molar refractivity (Wildman–Crippen MR) is 200 cm³/mol. The first-order valence-corrected chi connectivity index (χ1v) is 16.6. The Hall–Kier alpha value is -6.06. The lowest BCUT2D eigenvalue weighted by Crippen LogP contribution is -2.14. The lowest BCUT2D eigenvalue weighted by atomic mass is 9.82. The minimum atomic E-state index is -0.0520. The summed E-state index contributed by atoms with van der Waals surface area (Å²) in [6, 6.07) is 50.8. The van der Waals surface area contributed by atoms with Crippen LogP contribution in [0, 0.1) is 0 Å². The molecule has 48 heavy (non-hydrogen) atoms. The minimum absolute atomic E-state index is 0.0520. The Bertz CT molecular complexity index is 2730. The molecular formula is C45H31N3. The average Bonchev–Trinajstić information content (AvgIpc) is 3.58. The van der Waals surface area contributed by atoms with Gasteiger partial charge in [-0.3, -0.25) is 9.97 Å². The highest BCUT2D eigenvalue weighted by molar-refractivity contribution is 6.12. The van der Waals surface area contributed by atoms with Gasteiger partial charge in [0.1, 0.15) is 0 Å². The third-order valence-corrected chi connectivity index (χ3v) is 10.5. The van der Waals surface area contributed by atoms with Crippen molar-refractivity contribution in [2.75, 3.05) is 0 Å². The zero-order valence-electron chi connectivity index (χ0n) is 26.8. The quantitative estimate of drug-likeness (QED) is 0.186. The highest BCUT2D eigenvalue weighted by Crippen LogP contribution is 2.51. The second-order valence-corrected chi connectivity index (χ2v) is 13.5. The van der Waals surface area contributed by atoms with E-state index in [0.29, 0.717) is 0 Å². The van der Waals surface area contributed by atoms with Crippen LogP contribution < -0.4 is 0 Å². The molecule has 0 N–H and O–H groups in total. The van der Waals surface area contributed by atoms with Crippen LogP contribution >= 0.6 is 0 Å². The standard InChI is InChI=1S/C45H31N3/c1-45(2)38-13-5-3-10-34(38)36-25-37-35-11-4-6-15-41(35)48(42(37)26-39(36)45)32-22-20-29(21-23-32)28-16-18-30(19-17-28)33-12-7-14-40-43(33)44-31(27-47-40)9-8-24-46-44/h3-27H,1-2H3. The van der Waals surface area contributed by atoms with E-state index >= 15 is 0 Å². The highest BCUT2D eigenvalue weighted by atomic mass is 15.0.